The second-order valence-electron chi connectivity index (χ2n) is 4.85. The van der Waals surface area contributed by atoms with Crippen LogP contribution in [-0.4, -0.2) is 15.5 Å². The third-order valence-electron chi connectivity index (χ3n) is 2.31. The highest BCUT2D eigenvalue weighted by Crippen LogP contribution is 2.37. The molecular weight excluding hydrogens is 174 g/mol. The van der Waals surface area contributed by atoms with Gasteiger partial charge in [0, 0.05) is 29.8 Å². The summed E-state index contributed by atoms with van der Waals surface area (Å²) >= 11 is 0. The van der Waals surface area contributed by atoms with E-state index in [0.29, 0.717) is 5.92 Å². The first-order valence-corrected chi connectivity index (χ1v) is 5.15. The van der Waals surface area contributed by atoms with Crippen LogP contribution in [-0.2, 0) is 6.42 Å². The normalized spacial score (nSPS) is 17.1. The van der Waals surface area contributed by atoms with Gasteiger partial charge in [-0.3, -0.25) is 0 Å². The maximum absolute atomic E-state index is 5.95. The number of aromatic nitrogens is 2. The van der Waals surface area contributed by atoms with Crippen LogP contribution in [0.1, 0.15) is 44.1 Å². The summed E-state index contributed by atoms with van der Waals surface area (Å²) in [7, 11) is 0. The van der Waals surface area contributed by atoms with Crippen molar-refractivity contribution in [3.63, 3.8) is 0 Å². The Morgan fingerprint density at radius 1 is 1.50 bits per heavy atom. The minimum atomic E-state index is -0.185. The molecule has 3 nitrogen and oxygen atoms in total. The average molecular weight is 191 g/mol. The van der Waals surface area contributed by atoms with Crippen LogP contribution >= 0.6 is 0 Å². The SMILES string of the molecule is CC(C)(N)Cc1ccnc(C2CC2)n1. The molecule has 1 saturated carbocycles. The lowest BCUT2D eigenvalue weighted by Gasteiger charge is -2.17. The van der Waals surface area contributed by atoms with E-state index in [2.05, 4.69) is 9.97 Å². The van der Waals surface area contributed by atoms with E-state index in [9.17, 15) is 0 Å². The van der Waals surface area contributed by atoms with Crippen molar-refractivity contribution in [2.75, 3.05) is 0 Å². The van der Waals surface area contributed by atoms with Crippen LogP contribution in [0, 0.1) is 0 Å². The second kappa shape index (κ2) is 3.31. The Hall–Kier alpha value is -0.960. The minimum absolute atomic E-state index is 0.185. The predicted octanol–water partition coefficient (Wildman–Crippen LogP) is 1.63. The molecule has 2 rings (SSSR count). The van der Waals surface area contributed by atoms with E-state index in [-0.39, 0.29) is 5.54 Å². The molecule has 1 aromatic heterocycles. The highest BCUT2D eigenvalue weighted by Gasteiger charge is 2.26. The minimum Gasteiger partial charge on any atom is -0.325 e. The lowest BCUT2D eigenvalue weighted by molar-refractivity contribution is 0.508. The molecular formula is C11H17N3. The number of nitrogens with zero attached hydrogens (tertiary/aromatic N) is 2. The van der Waals surface area contributed by atoms with Crippen LogP contribution in [0.25, 0.3) is 0 Å². The van der Waals surface area contributed by atoms with Gasteiger partial charge < -0.3 is 5.73 Å². The van der Waals surface area contributed by atoms with Gasteiger partial charge in [0.05, 0.1) is 0 Å². The molecule has 0 radical (unpaired) electrons. The summed E-state index contributed by atoms with van der Waals surface area (Å²) in [4.78, 5) is 8.81. The molecule has 1 aliphatic carbocycles. The standard InChI is InChI=1S/C11H17N3/c1-11(2,12)7-9-5-6-13-10(14-9)8-3-4-8/h5-6,8H,3-4,7,12H2,1-2H3. The van der Waals surface area contributed by atoms with Crippen molar-refractivity contribution in [3.05, 3.63) is 23.8 Å². The van der Waals surface area contributed by atoms with Gasteiger partial charge in [-0.1, -0.05) is 0 Å². The van der Waals surface area contributed by atoms with E-state index in [1.807, 2.05) is 26.1 Å². The quantitative estimate of drug-likeness (QED) is 0.790. The van der Waals surface area contributed by atoms with Crippen LogP contribution in [0.3, 0.4) is 0 Å². The Morgan fingerprint density at radius 2 is 2.21 bits per heavy atom. The zero-order valence-electron chi connectivity index (χ0n) is 8.83. The summed E-state index contributed by atoms with van der Waals surface area (Å²) in [5, 5.41) is 0. The molecule has 0 spiro atoms. The van der Waals surface area contributed by atoms with E-state index >= 15 is 0 Å². The molecule has 1 fully saturated rings. The van der Waals surface area contributed by atoms with Crippen LogP contribution in [0.2, 0.25) is 0 Å². The molecule has 2 N–H and O–H groups in total. The zero-order valence-corrected chi connectivity index (χ0v) is 8.83. The second-order valence-corrected chi connectivity index (χ2v) is 4.85. The van der Waals surface area contributed by atoms with E-state index in [1.54, 1.807) is 0 Å². The van der Waals surface area contributed by atoms with Crippen LogP contribution in [0.15, 0.2) is 12.3 Å². The van der Waals surface area contributed by atoms with Gasteiger partial charge in [-0.2, -0.15) is 0 Å². The summed E-state index contributed by atoms with van der Waals surface area (Å²) in [6.45, 7) is 4.04. The highest BCUT2D eigenvalue weighted by molar-refractivity contribution is 5.11. The summed E-state index contributed by atoms with van der Waals surface area (Å²) < 4.78 is 0. The number of hydrogen-bond acceptors (Lipinski definition) is 3. The molecule has 0 aliphatic heterocycles. The van der Waals surface area contributed by atoms with E-state index in [4.69, 9.17) is 5.73 Å². The van der Waals surface area contributed by atoms with Gasteiger partial charge in [-0.25, -0.2) is 9.97 Å². The molecule has 1 heterocycles. The molecule has 1 aliphatic rings. The molecule has 14 heavy (non-hydrogen) atoms. The molecule has 1 aromatic rings. The smallest absolute Gasteiger partial charge is 0.131 e. The Labute approximate surface area is 84.8 Å². The molecule has 76 valence electrons. The van der Waals surface area contributed by atoms with Crippen molar-refractivity contribution < 1.29 is 0 Å². The fourth-order valence-electron chi connectivity index (χ4n) is 1.52. The van der Waals surface area contributed by atoms with Gasteiger partial charge in [-0.05, 0) is 32.8 Å². The van der Waals surface area contributed by atoms with Gasteiger partial charge in [-0.15, -0.1) is 0 Å². The molecule has 0 aromatic carbocycles. The van der Waals surface area contributed by atoms with Gasteiger partial charge >= 0.3 is 0 Å². The van der Waals surface area contributed by atoms with Crippen molar-refractivity contribution in [1.82, 2.24) is 9.97 Å². The summed E-state index contributed by atoms with van der Waals surface area (Å²) in [5.41, 5.74) is 6.83. The number of hydrogen-bond donors (Lipinski definition) is 1. The highest BCUT2D eigenvalue weighted by atomic mass is 14.9. The molecule has 0 bridgehead atoms. The topological polar surface area (TPSA) is 51.8 Å². The monoisotopic (exact) mass is 191 g/mol. The molecule has 0 saturated heterocycles. The fraction of sp³-hybridized carbons (Fsp3) is 0.636. The number of nitrogens with two attached hydrogens (primary N) is 1. The van der Waals surface area contributed by atoms with E-state index < -0.39 is 0 Å². The lowest BCUT2D eigenvalue weighted by Crippen LogP contribution is -2.34. The van der Waals surface area contributed by atoms with Crippen molar-refractivity contribution in [1.29, 1.82) is 0 Å². The van der Waals surface area contributed by atoms with E-state index in [0.717, 1.165) is 17.9 Å². The zero-order chi connectivity index (χ0) is 10.2. The first kappa shape index (κ1) is 9.59. The fourth-order valence-corrected chi connectivity index (χ4v) is 1.52. The maximum atomic E-state index is 5.95. The Bertz CT molecular complexity index is 324. The van der Waals surface area contributed by atoms with Crippen LogP contribution in [0.4, 0.5) is 0 Å². The van der Waals surface area contributed by atoms with Crippen LogP contribution < -0.4 is 5.73 Å². The Morgan fingerprint density at radius 3 is 2.79 bits per heavy atom. The predicted molar refractivity (Wildman–Crippen MR) is 56.0 cm³/mol. The maximum Gasteiger partial charge on any atom is 0.131 e. The lowest BCUT2D eigenvalue weighted by atomic mass is 10.00. The van der Waals surface area contributed by atoms with E-state index in [1.165, 1.54) is 12.8 Å². The summed E-state index contributed by atoms with van der Waals surface area (Å²) in [5.74, 6) is 1.63. The Kier molecular flexibility index (Phi) is 2.27. The summed E-state index contributed by atoms with van der Waals surface area (Å²) in [6, 6.07) is 1.96. The summed E-state index contributed by atoms with van der Waals surface area (Å²) in [6.07, 6.45) is 5.15. The van der Waals surface area contributed by atoms with Crippen molar-refractivity contribution >= 4 is 0 Å². The van der Waals surface area contributed by atoms with Crippen LogP contribution in [0.5, 0.6) is 0 Å². The average Bonchev–Trinajstić information content (AvgIpc) is 2.83. The van der Waals surface area contributed by atoms with Crippen molar-refractivity contribution in [2.24, 2.45) is 5.73 Å². The molecule has 0 atom stereocenters. The molecule has 3 heteroatoms. The van der Waals surface area contributed by atoms with Gasteiger partial charge in [0.2, 0.25) is 0 Å². The van der Waals surface area contributed by atoms with Crippen molar-refractivity contribution in [2.45, 2.75) is 44.6 Å². The largest absolute Gasteiger partial charge is 0.325 e. The molecule has 0 unspecified atom stereocenters. The first-order valence-electron chi connectivity index (χ1n) is 5.15. The third-order valence-corrected chi connectivity index (χ3v) is 2.31. The van der Waals surface area contributed by atoms with Gasteiger partial charge in [0.1, 0.15) is 5.82 Å². The van der Waals surface area contributed by atoms with Crippen molar-refractivity contribution in [3.8, 4) is 0 Å². The first-order chi connectivity index (χ1) is 6.54. The van der Waals surface area contributed by atoms with Gasteiger partial charge in [0.15, 0.2) is 0 Å². The Balaban J connectivity index is 2.13. The molecule has 0 amide bonds. The van der Waals surface area contributed by atoms with Gasteiger partial charge in [0.25, 0.3) is 0 Å². The third kappa shape index (κ3) is 2.51. The number of rotatable bonds is 3.